The van der Waals surface area contributed by atoms with Crippen LogP contribution in [0.15, 0.2) is 48.7 Å². The number of ether oxygens (including phenoxy) is 2. The number of carbonyl (C=O) groups excluding carboxylic acids is 1. The van der Waals surface area contributed by atoms with Gasteiger partial charge in [-0.3, -0.25) is 4.79 Å². The van der Waals surface area contributed by atoms with Crippen molar-refractivity contribution in [3.8, 4) is 11.5 Å². The zero-order valence-electron chi connectivity index (χ0n) is 16.9. The van der Waals surface area contributed by atoms with Crippen molar-refractivity contribution in [2.45, 2.75) is 20.3 Å². The predicted molar refractivity (Wildman–Crippen MR) is 113 cm³/mol. The van der Waals surface area contributed by atoms with Crippen LogP contribution in [0, 0.1) is 6.92 Å². The smallest absolute Gasteiger partial charge is 0.274 e. The number of para-hydroxylation sites is 1. The zero-order valence-corrected chi connectivity index (χ0v) is 16.9. The summed E-state index contributed by atoms with van der Waals surface area (Å²) < 4.78 is 10.5. The Kier molecular flexibility index (Phi) is 6.29. The first-order chi connectivity index (χ1) is 14.0. The van der Waals surface area contributed by atoms with Gasteiger partial charge < -0.3 is 20.1 Å². The normalized spacial score (nSPS) is 10.3. The van der Waals surface area contributed by atoms with E-state index >= 15 is 0 Å². The molecule has 0 aliphatic heterocycles. The summed E-state index contributed by atoms with van der Waals surface area (Å²) in [6.45, 7) is 4.03. The number of nitrogens with one attached hydrogen (secondary N) is 2. The molecule has 1 heterocycles. The Morgan fingerprint density at radius 3 is 2.59 bits per heavy atom. The molecule has 7 nitrogen and oxygen atoms in total. The van der Waals surface area contributed by atoms with Crippen LogP contribution in [0.1, 0.15) is 28.5 Å². The lowest BCUT2D eigenvalue weighted by Crippen LogP contribution is -2.16. The van der Waals surface area contributed by atoms with E-state index < -0.39 is 0 Å². The monoisotopic (exact) mass is 392 g/mol. The summed E-state index contributed by atoms with van der Waals surface area (Å²) in [6.07, 6.45) is 2.37. The van der Waals surface area contributed by atoms with Gasteiger partial charge in [0.1, 0.15) is 5.69 Å². The number of rotatable bonds is 7. The molecule has 150 valence electrons. The highest BCUT2D eigenvalue weighted by molar-refractivity contribution is 6.03. The van der Waals surface area contributed by atoms with Gasteiger partial charge in [-0.25, -0.2) is 9.97 Å². The van der Waals surface area contributed by atoms with Gasteiger partial charge in [-0.15, -0.1) is 0 Å². The average molecular weight is 392 g/mol. The summed E-state index contributed by atoms with van der Waals surface area (Å²) >= 11 is 0. The van der Waals surface area contributed by atoms with Crippen LogP contribution >= 0.6 is 0 Å². The fourth-order valence-corrected chi connectivity index (χ4v) is 2.97. The summed E-state index contributed by atoms with van der Waals surface area (Å²) in [6, 6.07) is 12.9. The zero-order chi connectivity index (χ0) is 20.8. The minimum atomic E-state index is -0.285. The van der Waals surface area contributed by atoms with Gasteiger partial charge in [0.2, 0.25) is 5.95 Å². The molecule has 0 unspecified atom stereocenters. The topological polar surface area (TPSA) is 85.4 Å². The van der Waals surface area contributed by atoms with E-state index in [0.29, 0.717) is 23.1 Å². The fraction of sp³-hybridized carbons (Fsp3) is 0.227. The predicted octanol–water partition coefficient (Wildman–Crippen LogP) is 4.36. The number of aromatic nitrogens is 2. The van der Waals surface area contributed by atoms with Crippen LogP contribution in [0.5, 0.6) is 11.5 Å². The molecule has 3 aromatic rings. The van der Waals surface area contributed by atoms with Gasteiger partial charge in [0, 0.05) is 23.6 Å². The second kappa shape index (κ2) is 9.05. The molecule has 0 aliphatic carbocycles. The lowest BCUT2D eigenvalue weighted by Gasteiger charge is -2.13. The van der Waals surface area contributed by atoms with Gasteiger partial charge in [-0.1, -0.05) is 25.1 Å². The Balaban J connectivity index is 1.80. The van der Waals surface area contributed by atoms with E-state index in [1.165, 1.54) is 0 Å². The first-order valence-corrected chi connectivity index (χ1v) is 9.27. The fourth-order valence-electron chi connectivity index (χ4n) is 2.97. The van der Waals surface area contributed by atoms with Crippen molar-refractivity contribution in [3.05, 3.63) is 65.5 Å². The summed E-state index contributed by atoms with van der Waals surface area (Å²) in [5.74, 6) is 1.23. The highest BCUT2D eigenvalue weighted by atomic mass is 16.5. The second-order valence-electron chi connectivity index (χ2n) is 6.38. The van der Waals surface area contributed by atoms with Gasteiger partial charge in [0.05, 0.1) is 14.2 Å². The van der Waals surface area contributed by atoms with Crippen molar-refractivity contribution in [2.24, 2.45) is 0 Å². The Morgan fingerprint density at radius 1 is 1.07 bits per heavy atom. The average Bonchev–Trinajstić information content (AvgIpc) is 2.75. The third kappa shape index (κ3) is 4.63. The molecule has 0 bridgehead atoms. The molecule has 1 aromatic heterocycles. The van der Waals surface area contributed by atoms with Gasteiger partial charge in [-0.2, -0.15) is 0 Å². The lowest BCUT2D eigenvalue weighted by atomic mass is 10.1. The van der Waals surface area contributed by atoms with Gasteiger partial charge in [0.15, 0.2) is 11.5 Å². The van der Waals surface area contributed by atoms with Crippen LogP contribution in [-0.4, -0.2) is 30.1 Å². The number of methoxy groups -OCH3 is 2. The minimum Gasteiger partial charge on any atom is -0.493 e. The Morgan fingerprint density at radius 2 is 1.86 bits per heavy atom. The van der Waals surface area contributed by atoms with Crippen LogP contribution in [0.3, 0.4) is 0 Å². The molecule has 29 heavy (non-hydrogen) atoms. The second-order valence-corrected chi connectivity index (χ2v) is 6.38. The molecule has 0 radical (unpaired) electrons. The van der Waals surface area contributed by atoms with Crippen LogP contribution in [0.25, 0.3) is 0 Å². The molecule has 2 N–H and O–H groups in total. The number of hydrogen-bond donors (Lipinski definition) is 2. The molecule has 3 rings (SSSR count). The number of benzene rings is 2. The minimum absolute atomic E-state index is 0.272. The summed E-state index contributed by atoms with van der Waals surface area (Å²) in [5.41, 5.74) is 3.90. The standard InChI is InChI=1S/C22H24N4O3/c1-5-15-8-6-7-14(2)20(15)26-21(27)17-11-12-23-22(25-17)24-16-9-10-18(28-3)19(13-16)29-4/h6-13H,5H2,1-4H3,(H,26,27)(H,23,24,25). The van der Waals surface area contributed by atoms with E-state index in [1.807, 2.05) is 31.2 Å². The number of anilines is 3. The number of nitrogens with zero attached hydrogens (tertiary/aromatic N) is 2. The van der Waals surface area contributed by atoms with E-state index in [1.54, 1.807) is 38.6 Å². The van der Waals surface area contributed by atoms with Gasteiger partial charge in [-0.05, 0) is 42.7 Å². The first kappa shape index (κ1) is 20.1. The molecule has 0 saturated carbocycles. The van der Waals surface area contributed by atoms with Crippen LogP contribution in [0.4, 0.5) is 17.3 Å². The Labute approximate surface area is 170 Å². The molecule has 0 atom stereocenters. The molecular weight excluding hydrogens is 368 g/mol. The highest BCUT2D eigenvalue weighted by Crippen LogP contribution is 2.30. The van der Waals surface area contributed by atoms with Crippen molar-refractivity contribution in [2.75, 3.05) is 24.9 Å². The molecule has 0 spiro atoms. The maximum atomic E-state index is 12.8. The van der Waals surface area contributed by atoms with Crippen molar-refractivity contribution in [1.82, 2.24) is 9.97 Å². The van der Waals surface area contributed by atoms with Crippen LogP contribution in [0.2, 0.25) is 0 Å². The quantitative estimate of drug-likeness (QED) is 0.621. The van der Waals surface area contributed by atoms with Gasteiger partial charge in [0.25, 0.3) is 5.91 Å². The molecule has 1 amide bonds. The first-order valence-electron chi connectivity index (χ1n) is 9.27. The van der Waals surface area contributed by atoms with E-state index in [9.17, 15) is 4.79 Å². The van der Waals surface area contributed by atoms with E-state index in [2.05, 4.69) is 27.5 Å². The van der Waals surface area contributed by atoms with E-state index in [-0.39, 0.29) is 11.6 Å². The molecular formula is C22H24N4O3. The van der Waals surface area contributed by atoms with Crippen molar-refractivity contribution in [1.29, 1.82) is 0 Å². The summed E-state index contributed by atoms with van der Waals surface area (Å²) in [5, 5.41) is 6.06. The van der Waals surface area contributed by atoms with Crippen LogP contribution in [-0.2, 0) is 6.42 Å². The third-order valence-corrected chi connectivity index (χ3v) is 4.51. The third-order valence-electron chi connectivity index (χ3n) is 4.51. The van der Waals surface area contributed by atoms with Crippen molar-refractivity contribution < 1.29 is 14.3 Å². The van der Waals surface area contributed by atoms with Crippen LogP contribution < -0.4 is 20.1 Å². The maximum absolute atomic E-state index is 12.8. The largest absolute Gasteiger partial charge is 0.493 e. The van der Waals surface area contributed by atoms with E-state index in [0.717, 1.165) is 23.2 Å². The maximum Gasteiger partial charge on any atom is 0.274 e. The summed E-state index contributed by atoms with van der Waals surface area (Å²) in [4.78, 5) is 21.3. The Bertz CT molecular complexity index is 1020. The number of aryl methyl sites for hydroxylation is 2. The number of hydrogen-bond acceptors (Lipinski definition) is 6. The van der Waals surface area contributed by atoms with Gasteiger partial charge >= 0.3 is 0 Å². The number of carbonyl (C=O) groups is 1. The SMILES string of the molecule is CCc1cccc(C)c1NC(=O)c1ccnc(Nc2ccc(OC)c(OC)c2)n1. The highest BCUT2D eigenvalue weighted by Gasteiger charge is 2.13. The lowest BCUT2D eigenvalue weighted by molar-refractivity contribution is 0.102. The molecule has 0 saturated heterocycles. The summed E-state index contributed by atoms with van der Waals surface area (Å²) in [7, 11) is 3.15. The molecule has 2 aromatic carbocycles. The molecule has 0 aliphatic rings. The molecule has 0 fully saturated rings. The Hall–Kier alpha value is -3.61. The van der Waals surface area contributed by atoms with E-state index in [4.69, 9.17) is 9.47 Å². The van der Waals surface area contributed by atoms with Crippen molar-refractivity contribution >= 4 is 23.2 Å². The number of amides is 1. The molecule has 7 heteroatoms. The van der Waals surface area contributed by atoms with Crippen molar-refractivity contribution in [3.63, 3.8) is 0 Å².